The van der Waals surface area contributed by atoms with Gasteiger partial charge in [-0.25, -0.2) is 13.1 Å². The first-order chi connectivity index (χ1) is 11.0. The van der Waals surface area contributed by atoms with Crippen LogP contribution in [0.4, 0.5) is 0 Å². The molecule has 1 amide bonds. The zero-order valence-electron chi connectivity index (χ0n) is 13.4. The minimum Gasteiger partial charge on any atom is -0.367 e. The number of hydrogen-bond donors (Lipinski definition) is 1. The van der Waals surface area contributed by atoms with E-state index in [1.54, 1.807) is 4.90 Å². The van der Waals surface area contributed by atoms with Crippen LogP contribution in [-0.2, 0) is 26.2 Å². The van der Waals surface area contributed by atoms with Gasteiger partial charge in [-0.2, -0.15) is 0 Å². The van der Waals surface area contributed by atoms with Gasteiger partial charge in [0.15, 0.2) is 0 Å². The largest absolute Gasteiger partial charge is 0.367 e. The van der Waals surface area contributed by atoms with Crippen LogP contribution in [0.2, 0.25) is 0 Å². The summed E-state index contributed by atoms with van der Waals surface area (Å²) >= 11 is 0. The smallest absolute Gasteiger partial charge is 0.248 e. The van der Waals surface area contributed by atoms with Crippen LogP contribution in [-0.4, -0.2) is 51.2 Å². The third kappa shape index (κ3) is 6.29. The van der Waals surface area contributed by atoms with E-state index >= 15 is 0 Å². The summed E-state index contributed by atoms with van der Waals surface area (Å²) < 4.78 is 30.5. The molecule has 0 saturated carbocycles. The van der Waals surface area contributed by atoms with Crippen molar-refractivity contribution < 1.29 is 17.9 Å². The van der Waals surface area contributed by atoms with Crippen LogP contribution in [0.1, 0.15) is 24.8 Å². The van der Waals surface area contributed by atoms with Gasteiger partial charge < -0.3 is 9.64 Å². The Morgan fingerprint density at radius 2 is 2.04 bits per heavy atom. The Kier molecular flexibility index (Phi) is 6.56. The van der Waals surface area contributed by atoms with Crippen molar-refractivity contribution in [3.05, 3.63) is 35.9 Å². The first-order valence-corrected chi connectivity index (χ1v) is 9.70. The van der Waals surface area contributed by atoms with Crippen molar-refractivity contribution in [3.8, 4) is 0 Å². The monoisotopic (exact) mass is 340 g/mol. The number of carbonyl (C=O) groups is 1. The highest BCUT2D eigenvalue weighted by molar-refractivity contribution is 7.88. The Balaban J connectivity index is 1.82. The van der Waals surface area contributed by atoms with Crippen molar-refractivity contribution in [3.63, 3.8) is 0 Å². The maximum atomic E-state index is 12.3. The van der Waals surface area contributed by atoms with E-state index in [-0.39, 0.29) is 25.1 Å². The van der Waals surface area contributed by atoms with Gasteiger partial charge in [-0.1, -0.05) is 30.3 Å². The van der Waals surface area contributed by atoms with Crippen molar-refractivity contribution in [2.45, 2.75) is 31.9 Å². The molecule has 7 heteroatoms. The number of sulfonamides is 1. The maximum Gasteiger partial charge on any atom is 0.248 e. The number of likely N-dealkylation sites (tertiary alicyclic amines) is 1. The molecule has 1 heterocycles. The number of carbonyl (C=O) groups excluding carboxylic acids is 1. The topological polar surface area (TPSA) is 75.7 Å². The lowest BCUT2D eigenvalue weighted by atomic mass is 10.0. The second kappa shape index (κ2) is 8.42. The summed E-state index contributed by atoms with van der Waals surface area (Å²) in [6, 6.07) is 9.60. The molecule has 1 fully saturated rings. The Morgan fingerprint density at radius 3 is 2.74 bits per heavy atom. The van der Waals surface area contributed by atoms with Gasteiger partial charge in [-0.05, 0) is 24.8 Å². The van der Waals surface area contributed by atoms with Crippen LogP contribution in [0, 0.1) is 0 Å². The van der Waals surface area contributed by atoms with E-state index in [1.807, 2.05) is 30.3 Å². The molecule has 1 atom stereocenters. The normalized spacial score (nSPS) is 18.8. The molecule has 0 unspecified atom stereocenters. The van der Waals surface area contributed by atoms with Crippen LogP contribution in [0.5, 0.6) is 0 Å². The lowest BCUT2D eigenvalue weighted by Crippen LogP contribution is -2.50. The van der Waals surface area contributed by atoms with E-state index in [0.29, 0.717) is 13.2 Å². The molecule has 0 aliphatic carbocycles. The van der Waals surface area contributed by atoms with Gasteiger partial charge in [-0.3, -0.25) is 4.79 Å². The second-order valence-electron chi connectivity index (χ2n) is 5.84. The van der Waals surface area contributed by atoms with Gasteiger partial charge in [0.1, 0.15) is 6.61 Å². The third-order valence-corrected chi connectivity index (χ3v) is 4.56. The molecule has 0 bridgehead atoms. The number of nitrogens with one attached hydrogen (secondary N) is 1. The molecule has 128 valence electrons. The van der Waals surface area contributed by atoms with Crippen molar-refractivity contribution in [1.29, 1.82) is 0 Å². The molecular formula is C16H24N2O4S. The maximum absolute atomic E-state index is 12.3. The first-order valence-electron chi connectivity index (χ1n) is 7.81. The number of amides is 1. The van der Waals surface area contributed by atoms with Crippen molar-refractivity contribution >= 4 is 15.9 Å². The van der Waals surface area contributed by atoms with Gasteiger partial charge in [-0.15, -0.1) is 0 Å². The highest BCUT2D eigenvalue weighted by Gasteiger charge is 2.27. The summed E-state index contributed by atoms with van der Waals surface area (Å²) in [5.41, 5.74) is 1.02. The molecule has 2 rings (SSSR count). The predicted molar refractivity (Wildman–Crippen MR) is 88.3 cm³/mol. The third-order valence-electron chi connectivity index (χ3n) is 3.87. The van der Waals surface area contributed by atoms with Gasteiger partial charge in [0.25, 0.3) is 0 Å². The molecule has 1 aromatic carbocycles. The number of nitrogens with zero attached hydrogens (tertiary/aromatic N) is 1. The molecule has 0 aromatic heterocycles. The summed E-state index contributed by atoms with van der Waals surface area (Å²) in [6.45, 7) is 1.34. The minimum absolute atomic E-state index is 0.0181. The summed E-state index contributed by atoms with van der Waals surface area (Å²) in [5.74, 6) is -0.0825. The lowest BCUT2D eigenvalue weighted by Gasteiger charge is -2.35. The minimum atomic E-state index is -3.24. The Morgan fingerprint density at radius 1 is 1.30 bits per heavy atom. The van der Waals surface area contributed by atoms with Gasteiger partial charge in [0, 0.05) is 19.1 Å². The molecule has 1 saturated heterocycles. The molecule has 6 nitrogen and oxygen atoms in total. The summed E-state index contributed by atoms with van der Waals surface area (Å²) in [5, 5.41) is 0. The van der Waals surface area contributed by atoms with Crippen LogP contribution < -0.4 is 4.72 Å². The van der Waals surface area contributed by atoms with Gasteiger partial charge >= 0.3 is 0 Å². The SMILES string of the molecule is CS(=O)(=O)NC[C@H]1CCCCN1C(=O)COCc1ccccc1. The fourth-order valence-electron chi connectivity index (χ4n) is 2.70. The van der Waals surface area contributed by atoms with E-state index in [1.165, 1.54) is 0 Å². The quantitative estimate of drug-likeness (QED) is 0.807. The highest BCUT2D eigenvalue weighted by atomic mass is 32.2. The zero-order chi connectivity index (χ0) is 16.7. The van der Waals surface area contributed by atoms with Crippen LogP contribution in [0.3, 0.4) is 0 Å². The Labute approximate surface area is 137 Å². The Hall–Kier alpha value is -1.44. The first kappa shape index (κ1) is 17.9. The van der Waals surface area contributed by atoms with Crippen LogP contribution >= 0.6 is 0 Å². The van der Waals surface area contributed by atoms with E-state index in [4.69, 9.17) is 4.74 Å². The number of benzene rings is 1. The predicted octanol–water partition coefficient (Wildman–Crippen LogP) is 1.13. The van der Waals surface area contributed by atoms with Gasteiger partial charge in [0.05, 0.1) is 12.9 Å². The van der Waals surface area contributed by atoms with Gasteiger partial charge in [0.2, 0.25) is 15.9 Å². The van der Waals surface area contributed by atoms with Crippen molar-refractivity contribution in [2.24, 2.45) is 0 Å². The number of hydrogen-bond acceptors (Lipinski definition) is 4. The molecule has 1 aromatic rings. The number of ether oxygens (including phenoxy) is 1. The molecule has 1 aliphatic heterocycles. The molecule has 1 N–H and O–H groups in total. The standard InChI is InChI=1S/C16H24N2O4S/c1-23(20,21)17-11-15-9-5-6-10-18(15)16(19)13-22-12-14-7-3-2-4-8-14/h2-4,7-8,15,17H,5-6,9-13H2,1H3/t15-/m1/s1. The number of piperidine rings is 1. The zero-order valence-corrected chi connectivity index (χ0v) is 14.2. The van der Waals surface area contributed by atoms with E-state index < -0.39 is 10.0 Å². The fraction of sp³-hybridized carbons (Fsp3) is 0.562. The fourth-order valence-corrected chi connectivity index (χ4v) is 3.20. The van der Waals surface area contributed by atoms with E-state index in [0.717, 1.165) is 31.1 Å². The molecule has 23 heavy (non-hydrogen) atoms. The highest BCUT2D eigenvalue weighted by Crippen LogP contribution is 2.17. The molecule has 0 spiro atoms. The molecule has 0 radical (unpaired) electrons. The van der Waals surface area contributed by atoms with Crippen LogP contribution in [0.25, 0.3) is 0 Å². The average molecular weight is 340 g/mol. The average Bonchev–Trinajstić information content (AvgIpc) is 2.53. The molecule has 1 aliphatic rings. The van der Waals surface area contributed by atoms with Crippen molar-refractivity contribution in [2.75, 3.05) is 26.0 Å². The van der Waals surface area contributed by atoms with Crippen LogP contribution in [0.15, 0.2) is 30.3 Å². The summed E-state index contributed by atoms with van der Waals surface area (Å²) in [7, 11) is -3.24. The van der Waals surface area contributed by atoms with E-state index in [2.05, 4.69) is 4.72 Å². The Bertz CT molecular complexity index is 604. The second-order valence-corrected chi connectivity index (χ2v) is 7.67. The van der Waals surface area contributed by atoms with E-state index in [9.17, 15) is 13.2 Å². The molecular weight excluding hydrogens is 316 g/mol. The van der Waals surface area contributed by atoms with Crippen molar-refractivity contribution in [1.82, 2.24) is 9.62 Å². The lowest BCUT2D eigenvalue weighted by molar-refractivity contribution is -0.140. The number of rotatable bonds is 7. The summed E-state index contributed by atoms with van der Waals surface area (Å²) in [4.78, 5) is 14.1. The summed E-state index contributed by atoms with van der Waals surface area (Å²) in [6.07, 6.45) is 3.89.